The summed E-state index contributed by atoms with van der Waals surface area (Å²) in [5.41, 5.74) is 2.08. The Bertz CT molecular complexity index is 968. The smallest absolute Gasteiger partial charge is 0.271 e. The van der Waals surface area contributed by atoms with Gasteiger partial charge in [0.2, 0.25) is 5.91 Å². The highest BCUT2D eigenvalue weighted by Crippen LogP contribution is 2.36. The third-order valence-electron chi connectivity index (χ3n) is 5.36. The van der Waals surface area contributed by atoms with Crippen LogP contribution in [0.5, 0.6) is 0 Å². The van der Waals surface area contributed by atoms with Gasteiger partial charge in [-0.15, -0.1) is 11.3 Å². The number of H-pyrrole nitrogens is 1. The molecule has 0 radical (unpaired) electrons. The predicted octanol–water partition coefficient (Wildman–Crippen LogP) is 2.96. The quantitative estimate of drug-likeness (QED) is 0.698. The van der Waals surface area contributed by atoms with E-state index in [2.05, 4.69) is 45.2 Å². The molecular weight excluding hydrogens is 372 g/mol. The Labute approximate surface area is 167 Å². The van der Waals surface area contributed by atoms with E-state index in [1.807, 2.05) is 12.1 Å². The molecule has 1 fully saturated rings. The summed E-state index contributed by atoms with van der Waals surface area (Å²) in [6.07, 6.45) is 2.79. The molecule has 2 amide bonds. The van der Waals surface area contributed by atoms with Crippen molar-refractivity contribution >= 4 is 23.2 Å². The number of hydrogen-bond donors (Lipinski definition) is 2. The average Bonchev–Trinajstić information content (AvgIpc) is 3.49. The Balaban J connectivity index is 1.58. The summed E-state index contributed by atoms with van der Waals surface area (Å²) in [6.45, 7) is 0.948. The lowest BCUT2D eigenvalue weighted by atomic mass is 9.79. The standard InChI is InChI=1S/C21H22N4O2S/c1-22-20(27)21(8-10-25(14-21)19(26)17-7-9-23-24-17)13-15-4-2-5-16(12-15)18-6-3-11-28-18/h2-7,9,11-12H,8,10,13-14H2,1H3,(H,22,27)(H,23,24)/t21-/m1/s1. The summed E-state index contributed by atoms with van der Waals surface area (Å²) < 4.78 is 0. The minimum atomic E-state index is -0.626. The van der Waals surface area contributed by atoms with Crippen LogP contribution in [0, 0.1) is 5.41 Å². The zero-order chi connectivity index (χ0) is 19.6. The lowest BCUT2D eigenvalue weighted by Gasteiger charge is -2.27. The summed E-state index contributed by atoms with van der Waals surface area (Å²) in [5, 5.41) is 11.4. The Hall–Kier alpha value is -2.93. The Morgan fingerprint density at radius 1 is 1.29 bits per heavy atom. The number of nitrogens with zero attached hydrogens (tertiary/aromatic N) is 2. The Kier molecular flexibility index (Phi) is 5.00. The van der Waals surface area contributed by atoms with E-state index in [4.69, 9.17) is 0 Å². The van der Waals surface area contributed by atoms with Crippen molar-refractivity contribution in [1.29, 1.82) is 0 Å². The van der Waals surface area contributed by atoms with E-state index >= 15 is 0 Å². The number of amides is 2. The SMILES string of the molecule is CNC(=O)[C@@]1(Cc2cccc(-c3cccs3)c2)CCN(C(=O)c2ccn[nH]2)C1. The zero-order valence-corrected chi connectivity index (χ0v) is 16.5. The average molecular weight is 395 g/mol. The number of likely N-dealkylation sites (tertiary alicyclic amines) is 1. The van der Waals surface area contributed by atoms with Crippen molar-refractivity contribution in [3.8, 4) is 10.4 Å². The molecule has 3 heterocycles. The third-order valence-corrected chi connectivity index (χ3v) is 6.28. The van der Waals surface area contributed by atoms with Gasteiger partial charge in [-0.3, -0.25) is 14.7 Å². The van der Waals surface area contributed by atoms with Crippen molar-refractivity contribution < 1.29 is 9.59 Å². The molecule has 28 heavy (non-hydrogen) atoms. The number of hydrogen-bond acceptors (Lipinski definition) is 4. The highest BCUT2D eigenvalue weighted by Gasteiger charge is 2.45. The molecule has 3 aromatic rings. The van der Waals surface area contributed by atoms with Crippen LogP contribution in [-0.2, 0) is 11.2 Å². The van der Waals surface area contributed by atoms with E-state index in [-0.39, 0.29) is 11.8 Å². The van der Waals surface area contributed by atoms with Crippen LogP contribution in [0.25, 0.3) is 10.4 Å². The molecule has 0 aliphatic carbocycles. The number of benzene rings is 1. The fourth-order valence-corrected chi connectivity index (χ4v) is 4.66. The van der Waals surface area contributed by atoms with Crippen LogP contribution >= 0.6 is 11.3 Å². The van der Waals surface area contributed by atoms with E-state index in [9.17, 15) is 9.59 Å². The van der Waals surface area contributed by atoms with Crippen LogP contribution in [0.3, 0.4) is 0 Å². The van der Waals surface area contributed by atoms with E-state index in [1.165, 1.54) is 4.88 Å². The van der Waals surface area contributed by atoms with Crippen LogP contribution in [-0.4, -0.2) is 47.0 Å². The van der Waals surface area contributed by atoms with E-state index < -0.39 is 5.41 Å². The molecule has 4 rings (SSSR count). The summed E-state index contributed by atoms with van der Waals surface area (Å²) in [6, 6.07) is 14.1. The lowest BCUT2D eigenvalue weighted by Crippen LogP contribution is -2.44. The number of nitrogens with one attached hydrogen (secondary N) is 2. The number of rotatable bonds is 5. The van der Waals surface area contributed by atoms with Crippen LogP contribution < -0.4 is 5.32 Å². The fourth-order valence-electron chi connectivity index (χ4n) is 3.93. The molecule has 2 N–H and O–H groups in total. The van der Waals surface area contributed by atoms with Gasteiger partial charge in [0, 0.05) is 31.2 Å². The highest BCUT2D eigenvalue weighted by atomic mass is 32.1. The summed E-state index contributed by atoms with van der Waals surface area (Å²) in [4.78, 5) is 28.5. The van der Waals surface area contributed by atoms with Crippen molar-refractivity contribution in [2.24, 2.45) is 5.41 Å². The maximum Gasteiger partial charge on any atom is 0.271 e. The van der Waals surface area contributed by atoms with Crippen molar-refractivity contribution in [3.63, 3.8) is 0 Å². The van der Waals surface area contributed by atoms with Gasteiger partial charge in [-0.2, -0.15) is 5.10 Å². The lowest BCUT2D eigenvalue weighted by molar-refractivity contribution is -0.129. The summed E-state index contributed by atoms with van der Waals surface area (Å²) >= 11 is 1.70. The predicted molar refractivity (Wildman–Crippen MR) is 109 cm³/mol. The van der Waals surface area contributed by atoms with E-state index in [1.54, 1.807) is 35.5 Å². The largest absolute Gasteiger partial charge is 0.359 e. The van der Waals surface area contributed by atoms with Crippen molar-refractivity contribution in [1.82, 2.24) is 20.4 Å². The maximum atomic E-state index is 12.8. The molecule has 0 bridgehead atoms. The number of carbonyl (C=O) groups excluding carboxylic acids is 2. The first kappa shape index (κ1) is 18.4. The molecular formula is C21H22N4O2S. The number of carbonyl (C=O) groups is 2. The second-order valence-corrected chi connectivity index (χ2v) is 8.11. The van der Waals surface area contributed by atoms with Gasteiger partial charge in [0.1, 0.15) is 5.69 Å². The molecule has 0 saturated carbocycles. The number of aromatic nitrogens is 2. The minimum Gasteiger partial charge on any atom is -0.359 e. The molecule has 1 saturated heterocycles. The van der Waals surface area contributed by atoms with Gasteiger partial charge in [-0.1, -0.05) is 30.3 Å². The van der Waals surface area contributed by atoms with Crippen molar-refractivity contribution in [2.75, 3.05) is 20.1 Å². The number of aromatic amines is 1. The van der Waals surface area contributed by atoms with Crippen LogP contribution in [0.1, 0.15) is 22.5 Å². The van der Waals surface area contributed by atoms with Crippen LogP contribution in [0.2, 0.25) is 0 Å². The van der Waals surface area contributed by atoms with Gasteiger partial charge >= 0.3 is 0 Å². The molecule has 1 atom stereocenters. The van der Waals surface area contributed by atoms with Gasteiger partial charge in [0.25, 0.3) is 5.91 Å². The topological polar surface area (TPSA) is 78.1 Å². The van der Waals surface area contributed by atoms with Gasteiger partial charge in [0.15, 0.2) is 0 Å². The monoisotopic (exact) mass is 394 g/mol. The first-order chi connectivity index (χ1) is 13.6. The Morgan fingerprint density at radius 2 is 2.18 bits per heavy atom. The second-order valence-electron chi connectivity index (χ2n) is 7.16. The zero-order valence-electron chi connectivity index (χ0n) is 15.6. The molecule has 2 aromatic heterocycles. The number of thiophene rings is 1. The molecule has 6 nitrogen and oxygen atoms in total. The van der Waals surface area contributed by atoms with Crippen LogP contribution in [0.15, 0.2) is 54.0 Å². The normalized spacial score (nSPS) is 19.0. The van der Waals surface area contributed by atoms with E-state index in [0.717, 1.165) is 11.1 Å². The molecule has 1 aromatic carbocycles. The van der Waals surface area contributed by atoms with Crippen molar-refractivity contribution in [2.45, 2.75) is 12.8 Å². The van der Waals surface area contributed by atoms with Gasteiger partial charge < -0.3 is 10.2 Å². The van der Waals surface area contributed by atoms with Crippen LogP contribution in [0.4, 0.5) is 0 Å². The second kappa shape index (κ2) is 7.59. The molecule has 0 spiro atoms. The first-order valence-electron chi connectivity index (χ1n) is 9.25. The Morgan fingerprint density at radius 3 is 2.89 bits per heavy atom. The summed E-state index contributed by atoms with van der Waals surface area (Å²) in [7, 11) is 1.66. The third kappa shape index (κ3) is 3.45. The maximum absolute atomic E-state index is 12.8. The highest BCUT2D eigenvalue weighted by molar-refractivity contribution is 7.13. The molecule has 7 heteroatoms. The summed E-state index contributed by atoms with van der Waals surface area (Å²) in [5.74, 6) is -0.135. The van der Waals surface area contributed by atoms with E-state index in [0.29, 0.717) is 31.6 Å². The molecule has 144 valence electrons. The minimum absolute atomic E-state index is 0.0195. The molecule has 1 aliphatic rings. The van der Waals surface area contributed by atoms with Crippen molar-refractivity contribution in [3.05, 3.63) is 65.3 Å². The molecule has 0 unspecified atom stereocenters. The van der Waals surface area contributed by atoms with Gasteiger partial charge in [0.05, 0.1) is 5.41 Å². The molecule has 1 aliphatic heterocycles. The first-order valence-corrected chi connectivity index (χ1v) is 10.1. The van der Waals surface area contributed by atoms with Gasteiger partial charge in [-0.05, 0) is 41.5 Å². The fraction of sp³-hybridized carbons (Fsp3) is 0.286. The van der Waals surface area contributed by atoms with Gasteiger partial charge in [-0.25, -0.2) is 0 Å².